The number of fused-ring (bicyclic) bond motifs is 1. The summed E-state index contributed by atoms with van der Waals surface area (Å²) in [5.74, 6) is 1.43. The van der Waals surface area contributed by atoms with Crippen molar-refractivity contribution in [3.63, 3.8) is 0 Å². The van der Waals surface area contributed by atoms with Gasteiger partial charge in [0.15, 0.2) is 22.9 Å². The minimum absolute atomic E-state index is 0.0886. The van der Waals surface area contributed by atoms with Crippen LogP contribution < -0.4 is 14.2 Å². The summed E-state index contributed by atoms with van der Waals surface area (Å²) in [6.45, 7) is 0.548. The van der Waals surface area contributed by atoms with E-state index >= 15 is 0 Å². The Morgan fingerprint density at radius 3 is 2.49 bits per heavy atom. The fourth-order valence-corrected chi connectivity index (χ4v) is 4.05. The number of halogens is 2. The SMILES string of the molecule is COc1cc(-c2cn3cccc(OCc4ccccc4)c3n2)ccc1OCc1ccc(Br)cc1F. The molecule has 5 rings (SSSR count). The van der Waals surface area contributed by atoms with Gasteiger partial charge in [-0.05, 0) is 48.0 Å². The van der Waals surface area contributed by atoms with E-state index in [4.69, 9.17) is 19.2 Å². The number of benzene rings is 3. The molecule has 0 fully saturated rings. The van der Waals surface area contributed by atoms with Crippen LogP contribution in [0, 0.1) is 5.82 Å². The van der Waals surface area contributed by atoms with Crippen LogP contribution in [0.1, 0.15) is 11.1 Å². The Kier molecular flexibility index (Phi) is 6.68. The van der Waals surface area contributed by atoms with E-state index in [0.29, 0.717) is 33.9 Å². The van der Waals surface area contributed by atoms with Crippen molar-refractivity contribution >= 4 is 21.6 Å². The van der Waals surface area contributed by atoms with E-state index < -0.39 is 0 Å². The number of rotatable bonds is 8. The first-order valence-electron chi connectivity index (χ1n) is 11.0. The van der Waals surface area contributed by atoms with E-state index in [1.165, 1.54) is 6.07 Å². The Morgan fingerprint density at radius 1 is 0.857 bits per heavy atom. The van der Waals surface area contributed by atoms with Gasteiger partial charge in [0.05, 0.1) is 12.8 Å². The zero-order chi connectivity index (χ0) is 24.2. The van der Waals surface area contributed by atoms with Crippen LogP contribution in [-0.4, -0.2) is 16.5 Å². The lowest BCUT2D eigenvalue weighted by Gasteiger charge is -2.12. The average molecular weight is 533 g/mol. The number of imidazole rings is 1. The Hall–Kier alpha value is -3.84. The first-order chi connectivity index (χ1) is 17.1. The maximum Gasteiger partial charge on any atom is 0.180 e. The fourth-order valence-electron chi connectivity index (χ4n) is 3.71. The molecule has 0 saturated heterocycles. The van der Waals surface area contributed by atoms with Crippen molar-refractivity contribution in [3.8, 4) is 28.5 Å². The third-order valence-electron chi connectivity index (χ3n) is 5.54. The van der Waals surface area contributed by atoms with Gasteiger partial charge in [0.25, 0.3) is 0 Å². The van der Waals surface area contributed by atoms with Crippen LogP contribution >= 0.6 is 15.9 Å². The number of aromatic nitrogens is 2. The average Bonchev–Trinajstić information content (AvgIpc) is 3.32. The highest BCUT2D eigenvalue weighted by Crippen LogP contribution is 2.34. The minimum Gasteiger partial charge on any atom is -0.493 e. The molecule has 0 aliphatic carbocycles. The van der Waals surface area contributed by atoms with Gasteiger partial charge in [-0.1, -0.05) is 52.3 Å². The molecule has 5 nitrogen and oxygen atoms in total. The highest BCUT2D eigenvalue weighted by Gasteiger charge is 2.13. The second kappa shape index (κ2) is 10.2. The summed E-state index contributed by atoms with van der Waals surface area (Å²) in [6.07, 6.45) is 3.87. The van der Waals surface area contributed by atoms with Gasteiger partial charge in [0.2, 0.25) is 0 Å². The Balaban J connectivity index is 1.37. The van der Waals surface area contributed by atoms with Gasteiger partial charge in [-0.2, -0.15) is 0 Å². The van der Waals surface area contributed by atoms with Gasteiger partial charge in [-0.3, -0.25) is 0 Å². The molecule has 0 aliphatic heterocycles. The van der Waals surface area contributed by atoms with Gasteiger partial charge >= 0.3 is 0 Å². The van der Waals surface area contributed by atoms with E-state index in [9.17, 15) is 4.39 Å². The molecule has 0 saturated carbocycles. The third-order valence-corrected chi connectivity index (χ3v) is 6.04. The predicted octanol–water partition coefficient (Wildman–Crippen LogP) is 7.07. The number of pyridine rings is 1. The lowest BCUT2D eigenvalue weighted by atomic mass is 10.1. The standard InChI is InChI=1S/C28H22BrFN2O3/c1-33-27-14-20(10-12-25(27)35-18-21-9-11-22(29)15-23(21)30)24-16-32-13-5-8-26(28(32)31-24)34-17-19-6-3-2-4-7-19/h2-16H,17-18H2,1H3. The van der Waals surface area contributed by atoms with E-state index in [0.717, 1.165) is 22.5 Å². The van der Waals surface area contributed by atoms with E-state index in [-0.39, 0.29) is 12.4 Å². The topological polar surface area (TPSA) is 45.0 Å². The van der Waals surface area contributed by atoms with Crippen molar-refractivity contribution in [2.75, 3.05) is 7.11 Å². The third kappa shape index (κ3) is 5.15. The summed E-state index contributed by atoms with van der Waals surface area (Å²) >= 11 is 3.27. The first kappa shape index (κ1) is 22.9. The number of ether oxygens (including phenoxy) is 3. The fraction of sp³-hybridized carbons (Fsp3) is 0.107. The van der Waals surface area contributed by atoms with Crippen molar-refractivity contribution in [2.24, 2.45) is 0 Å². The zero-order valence-electron chi connectivity index (χ0n) is 18.9. The Labute approximate surface area is 210 Å². The van der Waals surface area contributed by atoms with Crippen LogP contribution in [0.5, 0.6) is 17.2 Å². The monoisotopic (exact) mass is 532 g/mol. The Morgan fingerprint density at radius 2 is 1.69 bits per heavy atom. The van der Waals surface area contributed by atoms with Crippen molar-refractivity contribution < 1.29 is 18.6 Å². The van der Waals surface area contributed by atoms with Crippen LogP contribution in [0.2, 0.25) is 0 Å². The summed E-state index contributed by atoms with van der Waals surface area (Å²) in [5.41, 5.74) is 3.90. The molecule has 0 spiro atoms. The molecule has 0 aliphatic rings. The molecule has 176 valence electrons. The minimum atomic E-state index is -0.329. The highest BCUT2D eigenvalue weighted by molar-refractivity contribution is 9.10. The van der Waals surface area contributed by atoms with Gasteiger partial charge in [-0.15, -0.1) is 0 Å². The summed E-state index contributed by atoms with van der Waals surface area (Å²) in [5, 5.41) is 0. The largest absolute Gasteiger partial charge is 0.493 e. The highest BCUT2D eigenvalue weighted by atomic mass is 79.9. The zero-order valence-corrected chi connectivity index (χ0v) is 20.5. The van der Waals surface area contributed by atoms with Gasteiger partial charge < -0.3 is 18.6 Å². The second-order valence-electron chi connectivity index (χ2n) is 7.89. The number of hydrogen-bond donors (Lipinski definition) is 0. The number of nitrogens with zero attached hydrogens (tertiary/aromatic N) is 2. The maximum absolute atomic E-state index is 14.1. The summed E-state index contributed by atoms with van der Waals surface area (Å²) < 4.78 is 34.2. The molecule has 0 radical (unpaired) electrons. The molecule has 0 amide bonds. The van der Waals surface area contributed by atoms with Crippen LogP contribution in [0.15, 0.2) is 95.7 Å². The van der Waals surface area contributed by atoms with Crippen molar-refractivity contribution in [2.45, 2.75) is 13.2 Å². The van der Waals surface area contributed by atoms with Gasteiger partial charge in [-0.25, -0.2) is 9.37 Å². The number of hydrogen-bond acceptors (Lipinski definition) is 4. The second-order valence-corrected chi connectivity index (χ2v) is 8.81. The summed E-state index contributed by atoms with van der Waals surface area (Å²) in [4.78, 5) is 4.80. The molecule has 0 unspecified atom stereocenters. The van der Waals surface area contributed by atoms with E-state index in [1.54, 1.807) is 19.2 Å². The van der Waals surface area contributed by atoms with Gasteiger partial charge in [0, 0.05) is 28.0 Å². The number of methoxy groups -OCH3 is 1. The molecule has 0 N–H and O–H groups in total. The predicted molar refractivity (Wildman–Crippen MR) is 136 cm³/mol. The van der Waals surface area contributed by atoms with Crippen LogP contribution in [0.4, 0.5) is 4.39 Å². The lowest BCUT2D eigenvalue weighted by molar-refractivity contribution is 0.280. The molecule has 2 aromatic heterocycles. The lowest BCUT2D eigenvalue weighted by Crippen LogP contribution is -2.00. The van der Waals surface area contributed by atoms with E-state index in [1.807, 2.05) is 77.5 Å². The quantitative estimate of drug-likeness (QED) is 0.214. The smallest absolute Gasteiger partial charge is 0.180 e. The first-order valence-corrected chi connectivity index (χ1v) is 11.8. The van der Waals surface area contributed by atoms with E-state index in [2.05, 4.69) is 15.9 Å². The van der Waals surface area contributed by atoms with Crippen LogP contribution in [0.25, 0.3) is 16.9 Å². The molecule has 0 atom stereocenters. The molecule has 3 aromatic carbocycles. The summed E-state index contributed by atoms with van der Waals surface area (Å²) in [7, 11) is 1.57. The molecule has 35 heavy (non-hydrogen) atoms. The maximum atomic E-state index is 14.1. The molecular weight excluding hydrogens is 511 g/mol. The van der Waals surface area contributed by atoms with Gasteiger partial charge in [0.1, 0.15) is 19.0 Å². The van der Waals surface area contributed by atoms with Crippen molar-refractivity contribution in [1.29, 1.82) is 0 Å². The van der Waals surface area contributed by atoms with Crippen molar-refractivity contribution in [3.05, 3.63) is 113 Å². The van der Waals surface area contributed by atoms with Crippen LogP contribution in [0.3, 0.4) is 0 Å². The van der Waals surface area contributed by atoms with Crippen LogP contribution in [-0.2, 0) is 13.2 Å². The molecule has 2 heterocycles. The molecule has 0 bridgehead atoms. The van der Waals surface area contributed by atoms with Crippen molar-refractivity contribution in [1.82, 2.24) is 9.38 Å². The Bertz CT molecular complexity index is 1470. The normalized spacial score (nSPS) is 10.9. The molecule has 5 aromatic rings. The molecular formula is C28H22BrFN2O3. The molecule has 7 heteroatoms. The summed E-state index contributed by atoms with van der Waals surface area (Å²) in [6, 6.07) is 24.3.